The summed E-state index contributed by atoms with van der Waals surface area (Å²) in [6.45, 7) is 8.03. The molecule has 0 aromatic carbocycles. The Morgan fingerprint density at radius 2 is 1.73 bits per heavy atom. The maximum atomic E-state index is 6.50. The van der Waals surface area contributed by atoms with Gasteiger partial charge >= 0.3 is 51.4 Å². The van der Waals surface area contributed by atoms with Gasteiger partial charge in [-0.1, -0.05) is 6.08 Å². The van der Waals surface area contributed by atoms with Crippen molar-refractivity contribution in [2.75, 3.05) is 20.6 Å². The van der Waals surface area contributed by atoms with Crippen LogP contribution in [0, 0.1) is 11.8 Å². The van der Waals surface area contributed by atoms with Crippen molar-refractivity contribution < 1.29 is 16.5 Å². The molecule has 0 amide bonds. The summed E-state index contributed by atoms with van der Waals surface area (Å²) < 4.78 is 0. The van der Waals surface area contributed by atoms with Crippen LogP contribution in [0.4, 0.5) is 0 Å². The third kappa shape index (κ3) is 50.5. The van der Waals surface area contributed by atoms with Gasteiger partial charge in [0, 0.05) is 29.6 Å². The van der Waals surface area contributed by atoms with Gasteiger partial charge in [-0.05, 0) is 14.1 Å². The molecule has 0 aliphatic rings. The Labute approximate surface area is 128 Å². The second-order valence-electron chi connectivity index (χ2n) is 1.55. The summed E-state index contributed by atoms with van der Waals surface area (Å²) in [6, 6.07) is 0. The molecule has 0 fully saturated rings. The molecule has 11 heavy (non-hydrogen) atoms. The van der Waals surface area contributed by atoms with Gasteiger partial charge in [0.25, 0.3) is 0 Å². The van der Waals surface area contributed by atoms with Crippen LogP contribution in [0.3, 0.4) is 0 Å². The Morgan fingerprint density at radius 3 is 1.73 bits per heavy atom. The Bertz CT molecular complexity index is 78.2. The molecule has 0 aromatic rings. The van der Waals surface area contributed by atoms with Crippen LogP contribution in [0.25, 0.3) is 0 Å². The maximum Gasteiger partial charge on any atom is 0 e. The van der Waals surface area contributed by atoms with Gasteiger partial charge in [0.15, 0.2) is 0 Å². The standard InChI is InChI=1S/C5H11N.CHN.ClH.K.Ni.H/c1-4-5-6(2)3;1-2;;;;/h4H,1,5H2,2-3H3;1H;1H;;;. The van der Waals surface area contributed by atoms with E-state index in [1.165, 1.54) is 0 Å². The number of rotatable bonds is 2. The largest absolute Gasteiger partial charge is 0 e. The molecular formula is C6H14ClKN2Ni. The number of nitriles is 1. The van der Waals surface area contributed by atoms with Crippen molar-refractivity contribution in [3.8, 4) is 6.57 Å². The first kappa shape index (κ1) is 29.4. The molecule has 0 heterocycles. The van der Waals surface area contributed by atoms with Crippen LogP contribution in [0.5, 0.6) is 0 Å². The summed E-state index contributed by atoms with van der Waals surface area (Å²) in [5.74, 6) is 0. The fraction of sp³-hybridized carbons (Fsp3) is 0.500. The van der Waals surface area contributed by atoms with Crippen LogP contribution in [-0.2, 0) is 16.5 Å². The van der Waals surface area contributed by atoms with Gasteiger partial charge < -0.3 is 4.90 Å². The second kappa shape index (κ2) is 29.9. The van der Waals surface area contributed by atoms with Crippen LogP contribution in [0.2, 0.25) is 0 Å². The minimum Gasteiger partial charge on any atom is 0 e. The van der Waals surface area contributed by atoms with Gasteiger partial charge in [-0.2, -0.15) is 0 Å². The van der Waals surface area contributed by atoms with E-state index >= 15 is 0 Å². The summed E-state index contributed by atoms with van der Waals surface area (Å²) in [6.07, 6.45) is 1.88. The first-order valence-corrected chi connectivity index (χ1v) is 2.29. The zero-order chi connectivity index (χ0) is 6.99. The Balaban J connectivity index is -0.0000000222. The summed E-state index contributed by atoms with van der Waals surface area (Å²) in [7, 11) is 4.03. The van der Waals surface area contributed by atoms with Crippen LogP contribution in [0.15, 0.2) is 12.7 Å². The molecule has 66 valence electrons. The number of likely N-dealkylation sites (N-methyl/N-ethyl adjacent to an activating group) is 1. The van der Waals surface area contributed by atoms with Crippen molar-refractivity contribution >= 4 is 63.8 Å². The molecule has 0 saturated carbocycles. The molecule has 0 unspecified atom stereocenters. The van der Waals surface area contributed by atoms with Crippen molar-refractivity contribution in [2.45, 2.75) is 0 Å². The van der Waals surface area contributed by atoms with Crippen LogP contribution >= 0.6 is 12.4 Å². The van der Waals surface area contributed by atoms with Crippen LogP contribution in [-0.4, -0.2) is 76.9 Å². The molecule has 0 radical (unpaired) electrons. The van der Waals surface area contributed by atoms with Crippen molar-refractivity contribution in [1.29, 1.82) is 5.26 Å². The van der Waals surface area contributed by atoms with E-state index in [1.807, 2.05) is 20.2 Å². The molecule has 2 nitrogen and oxygen atoms in total. The van der Waals surface area contributed by atoms with Gasteiger partial charge in [-0.3, -0.25) is 0 Å². The van der Waals surface area contributed by atoms with Gasteiger partial charge in [0.1, 0.15) is 0 Å². The predicted octanol–water partition coefficient (Wildman–Crippen LogP) is 0.645. The predicted molar refractivity (Wildman–Crippen MR) is 49.8 cm³/mol. The SMILES string of the molecule is C#N.C=CCN(C)C.Cl.[KH].[Ni]. The summed E-state index contributed by atoms with van der Waals surface area (Å²) >= 11 is 0. The van der Waals surface area contributed by atoms with E-state index in [2.05, 4.69) is 18.1 Å². The van der Waals surface area contributed by atoms with Crippen molar-refractivity contribution in [2.24, 2.45) is 0 Å². The van der Waals surface area contributed by atoms with Gasteiger partial charge in [0.05, 0.1) is 0 Å². The monoisotopic (exact) mass is 246 g/mol. The summed E-state index contributed by atoms with van der Waals surface area (Å²) in [4.78, 5) is 2.06. The number of hydrogen-bond donors (Lipinski definition) is 0. The minimum absolute atomic E-state index is 0. The molecule has 0 saturated heterocycles. The average Bonchev–Trinajstić information content (AvgIpc) is 1.72. The van der Waals surface area contributed by atoms with Gasteiger partial charge in [0.2, 0.25) is 0 Å². The molecule has 0 aliphatic carbocycles. The summed E-state index contributed by atoms with van der Waals surface area (Å²) in [5.41, 5.74) is 0. The van der Waals surface area contributed by atoms with E-state index in [4.69, 9.17) is 5.26 Å². The first-order chi connectivity index (χ1) is 3.77. The molecule has 0 rings (SSSR count). The van der Waals surface area contributed by atoms with Gasteiger partial charge in [-0.25, -0.2) is 5.26 Å². The number of nitrogens with zero attached hydrogens (tertiary/aromatic N) is 2. The normalized spacial score (nSPS) is 5.18. The molecule has 0 atom stereocenters. The number of hydrogen-bond acceptors (Lipinski definition) is 2. The third-order valence-electron chi connectivity index (χ3n) is 0.494. The quantitative estimate of drug-likeness (QED) is 0.529. The van der Waals surface area contributed by atoms with Crippen molar-refractivity contribution in [3.63, 3.8) is 0 Å². The second-order valence-corrected chi connectivity index (χ2v) is 1.55. The van der Waals surface area contributed by atoms with E-state index in [0.29, 0.717) is 0 Å². The van der Waals surface area contributed by atoms with Crippen LogP contribution in [0.1, 0.15) is 0 Å². The molecular weight excluding hydrogens is 233 g/mol. The van der Waals surface area contributed by atoms with E-state index < -0.39 is 0 Å². The smallest absolute Gasteiger partial charge is 0 e. The van der Waals surface area contributed by atoms with E-state index in [0.717, 1.165) is 6.54 Å². The van der Waals surface area contributed by atoms with Crippen LogP contribution < -0.4 is 0 Å². The maximum absolute atomic E-state index is 6.50. The topological polar surface area (TPSA) is 27.0 Å². The molecule has 0 aliphatic heterocycles. The molecule has 0 spiro atoms. The Kier molecular flexibility index (Phi) is 79.8. The van der Waals surface area contributed by atoms with Gasteiger partial charge in [-0.15, -0.1) is 19.0 Å². The first-order valence-electron chi connectivity index (χ1n) is 2.29. The molecule has 0 bridgehead atoms. The molecule has 0 aromatic heterocycles. The summed E-state index contributed by atoms with van der Waals surface area (Å²) in [5, 5.41) is 6.50. The van der Waals surface area contributed by atoms with Crippen molar-refractivity contribution in [1.82, 2.24) is 4.90 Å². The van der Waals surface area contributed by atoms with E-state index in [9.17, 15) is 0 Å². The van der Waals surface area contributed by atoms with E-state index in [1.54, 1.807) is 0 Å². The number of halogens is 1. The fourth-order valence-electron chi connectivity index (χ4n) is 0.258. The van der Waals surface area contributed by atoms with E-state index in [-0.39, 0.29) is 80.3 Å². The Hall–Kier alpha value is 1.61. The zero-order valence-corrected chi connectivity index (χ0v) is 7.99. The molecule has 5 heteroatoms. The molecule has 0 N–H and O–H groups in total. The average molecular weight is 247 g/mol. The Morgan fingerprint density at radius 1 is 1.45 bits per heavy atom. The zero-order valence-electron chi connectivity index (χ0n) is 6.19. The van der Waals surface area contributed by atoms with Crippen molar-refractivity contribution in [3.05, 3.63) is 12.7 Å². The third-order valence-corrected chi connectivity index (χ3v) is 0.494. The minimum atomic E-state index is 0. The fourth-order valence-corrected chi connectivity index (χ4v) is 0.258.